The molecule has 1 aromatic carbocycles. The number of likely N-dealkylation sites (tertiary alicyclic amines) is 1. The molecule has 1 fully saturated rings. The van der Waals surface area contributed by atoms with Gasteiger partial charge in [0.15, 0.2) is 5.78 Å². The number of aliphatic hydroxyl groups is 1. The van der Waals surface area contributed by atoms with Crippen molar-refractivity contribution >= 4 is 5.78 Å². The molecule has 0 bridgehead atoms. The van der Waals surface area contributed by atoms with E-state index < -0.39 is 6.10 Å². The maximum Gasteiger partial charge on any atom is 0.162 e. The average molecular weight is 305 g/mol. The number of ether oxygens (including phenoxy) is 1. The molecule has 1 aliphatic heterocycles. The Morgan fingerprint density at radius 3 is 2.77 bits per heavy atom. The standard InChI is InChI=1S/C18H27NO3/c1-3-18(21)15-6-8-17(9-7-15)22-13-16(20)12-19-10-4-5-14(2)11-19/h6-9,14,16,20H,3-5,10-13H2,1-2H3/t14-,16-/m1/s1. The van der Waals surface area contributed by atoms with Crippen LogP contribution in [-0.2, 0) is 0 Å². The first-order chi connectivity index (χ1) is 10.6. The Labute approximate surface area is 133 Å². The minimum atomic E-state index is -0.484. The molecule has 0 amide bonds. The van der Waals surface area contributed by atoms with E-state index in [-0.39, 0.29) is 12.4 Å². The molecule has 0 saturated carbocycles. The Morgan fingerprint density at radius 1 is 1.41 bits per heavy atom. The molecular formula is C18H27NO3. The first-order valence-corrected chi connectivity index (χ1v) is 8.25. The van der Waals surface area contributed by atoms with Gasteiger partial charge in [-0.2, -0.15) is 0 Å². The van der Waals surface area contributed by atoms with Crippen LogP contribution in [0.2, 0.25) is 0 Å². The van der Waals surface area contributed by atoms with E-state index in [0.717, 1.165) is 13.1 Å². The van der Waals surface area contributed by atoms with Crippen LogP contribution >= 0.6 is 0 Å². The summed E-state index contributed by atoms with van der Waals surface area (Å²) in [6, 6.07) is 7.14. The van der Waals surface area contributed by atoms with Gasteiger partial charge in [-0.15, -0.1) is 0 Å². The lowest BCUT2D eigenvalue weighted by Crippen LogP contribution is -2.41. The summed E-state index contributed by atoms with van der Waals surface area (Å²) in [4.78, 5) is 13.9. The van der Waals surface area contributed by atoms with Gasteiger partial charge in [-0.25, -0.2) is 0 Å². The summed E-state index contributed by atoms with van der Waals surface area (Å²) in [7, 11) is 0. The topological polar surface area (TPSA) is 49.8 Å². The van der Waals surface area contributed by atoms with Gasteiger partial charge in [0.1, 0.15) is 18.5 Å². The van der Waals surface area contributed by atoms with Crippen molar-refractivity contribution in [1.82, 2.24) is 4.90 Å². The number of aliphatic hydroxyl groups excluding tert-OH is 1. The number of rotatable bonds is 7. The van der Waals surface area contributed by atoms with E-state index in [1.165, 1.54) is 12.8 Å². The fourth-order valence-electron chi connectivity index (χ4n) is 2.94. The van der Waals surface area contributed by atoms with Gasteiger partial charge >= 0.3 is 0 Å². The summed E-state index contributed by atoms with van der Waals surface area (Å²) in [5.41, 5.74) is 0.706. The predicted octanol–water partition coefficient (Wildman–Crippen LogP) is 2.75. The van der Waals surface area contributed by atoms with E-state index in [2.05, 4.69) is 11.8 Å². The molecule has 2 atom stereocenters. The fraction of sp³-hybridized carbons (Fsp3) is 0.611. The highest BCUT2D eigenvalue weighted by atomic mass is 16.5. The molecule has 1 saturated heterocycles. The van der Waals surface area contributed by atoms with Gasteiger partial charge in [0.2, 0.25) is 0 Å². The molecule has 4 heteroatoms. The Morgan fingerprint density at radius 2 is 2.14 bits per heavy atom. The van der Waals surface area contributed by atoms with Crippen LogP contribution in [0.25, 0.3) is 0 Å². The molecule has 0 radical (unpaired) electrons. The second-order valence-corrected chi connectivity index (χ2v) is 6.27. The minimum Gasteiger partial charge on any atom is -0.491 e. The second-order valence-electron chi connectivity index (χ2n) is 6.27. The normalized spacial score (nSPS) is 20.6. The van der Waals surface area contributed by atoms with Crippen LogP contribution in [0.5, 0.6) is 5.75 Å². The van der Waals surface area contributed by atoms with Crippen LogP contribution in [0.1, 0.15) is 43.5 Å². The highest BCUT2D eigenvalue weighted by molar-refractivity contribution is 5.95. The third-order valence-corrected chi connectivity index (χ3v) is 4.15. The van der Waals surface area contributed by atoms with Crippen LogP contribution in [0.4, 0.5) is 0 Å². The first kappa shape index (κ1) is 17.0. The van der Waals surface area contributed by atoms with E-state index in [4.69, 9.17) is 4.74 Å². The molecule has 1 aromatic rings. The van der Waals surface area contributed by atoms with Crippen molar-refractivity contribution in [2.45, 2.75) is 39.2 Å². The number of carbonyl (C=O) groups excluding carboxylic acids is 1. The van der Waals surface area contributed by atoms with E-state index >= 15 is 0 Å². The van der Waals surface area contributed by atoms with Crippen LogP contribution < -0.4 is 4.74 Å². The van der Waals surface area contributed by atoms with Gasteiger partial charge in [0.05, 0.1) is 0 Å². The maximum absolute atomic E-state index is 11.6. The van der Waals surface area contributed by atoms with Gasteiger partial charge in [-0.05, 0) is 49.6 Å². The Bertz CT molecular complexity index is 472. The SMILES string of the molecule is CCC(=O)c1ccc(OC[C@H](O)CN2CCC[C@@H](C)C2)cc1. The van der Waals surface area contributed by atoms with Crippen molar-refractivity contribution in [3.8, 4) is 5.75 Å². The van der Waals surface area contributed by atoms with Crippen molar-refractivity contribution in [3.05, 3.63) is 29.8 Å². The fourth-order valence-corrected chi connectivity index (χ4v) is 2.94. The zero-order valence-corrected chi connectivity index (χ0v) is 13.6. The number of piperidine rings is 1. The number of Topliss-reactive ketones (excluding diaryl/α,β-unsaturated/α-hetero) is 1. The van der Waals surface area contributed by atoms with E-state index in [9.17, 15) is 9.90 Å². The van der Waals surface area contributed by atoms with Crippen molar-refractivity contribution < 1.29 is 14.6 Å². The second kappa shape index (κ2) is 8.30. The third kappa shape index (κ3) is 5.11. The Kier molecular flexibility index (Phi) is 6.40. The van der Waals surface area contributed by atoms with Crippen LogP contribution in [0.15, 0.2) is 24.3 Å². The predicted molar refractivity (Wildman–Crippen MR) is 87.4 cm³/mol. The largest absolute Gasteiger partial charge is 0.491 e. The summed E-state index contributed by atoms with van der Waals surface area (Å²) in [6.45, 7) is 7.18. The zero-order chi connectivity index (χ0) is 15.9. The molecule has 0 aromatic heterocycles. The summed E-state index contributed by atoms with van der Waals surface area (Å²) in [6.07, 6.45) is 2.52. The molecule has 1 aliphatic rings. The molecule has 1 N–H and O–H groups in total. The number of ketones is 1. The smallest absolute Gasteiger partial charge is 0.162 e. The number of carbonyl (C=O) groups is 1. The van der Waals surface area contributed by atoms with Crippen molar-refractivity contribution in [2.75, 3.05) is 26.2 Å². The Hall–Kier alpha value is -1.39. The molecule has 0 aliphatic carbocycles. The lowest BCUT2D eigenvalue weighted by Gasteiger charge is -2.32. The maximum atomic E-state index is 11.6. The van der Waals surface area contributed by atoms with Crippen molar-refractivity contribution in [1.29, 1.82) is 0 Å². The van der Waals surface area contributed by atoms with Gasteiger partial charge in [0.25, 0.3) is 0 Å². The average Bonchev–Trinajstić information content (AvgIpc) is 2.52. The van der Waals surface area contributed by atoms with Crippen LogP contribution in [0.3, 0.4) is 0 Å². The summed E-state index contributed by atoms with van der Waals surface area (Å²) >= 11 is 0. The summed E-state index contributed by atoms with van der Waals surface area (Å²) in [5, 5.41) is 10.1. The third-order valence-electron chi connectivity index (χ3n) is 4.15. The van der Waals surface area contributed by atoms with E-state index in [1.807, 2.05) is 6.92 Å². The quantitative estimate of drug-likeness (QED) is 0.787. The van der Waals surface area contributed by atoms with Gasteiger partial charge in [0, 0.05) is 25.1 Å². The van der Waals surface area contributed by atoms with Gasteiger partial charge in [-0.1, -0.05) is 13.8 Å². The first-order valence-electron chi connectivity index (χ1n) is 8.25. The minimum absolute atomic E-state index is 0.130. The number of hydrogen-bond donors (Lipinski definition) is 1. The van der Waals surface area contributed by atoms with Crippen molar-refractivity contribution in [3.63, 3.8) is 0 Å². The zero-order valence-electron chi connectivity index (χ0n) is 13.6. The molecule has 22 heavy (non-hydrogen) atoms. The molecule has 1 heterocycles. The highest BCUT2D eigenvalue weighted by Crippen LogP contribution is 2.16. The molecular weight excluding hydrogens is 278 g/mol. The summed E-state index contributed by atoms with van der Waals surface area (Å²) in [5.74, 6) is 1.54. The number of nitrogens with zero attached hydrogens (tertiary/aromatic N) is 1. The van der Waals surface area contributed by atoms with Gasteiger partial charge in [-0.3, -0.25) is 4.79 Å². The summed E-state index contributed by atoms with van der Waals surface area (Å²) < 4.78 is 5.62. The van der Waals surface area contributed by atoms with Crippen LogP contribution in [-0.4, -0.2) is 48.1 Å². The number of hydrogen-bond acceptors (Lipinski definition) is 4. The highest BCUT2D eigenvalue weighted by Gasteiger charge is 2.19. The van der Waals surface area contributed by atoms with Crippen LogP contribution in [0, 0.1) is 5.92 Å². The molecule has 0 spiro atoms. The van der Waals surface area contributed by atoms with E-state index in [1.54, 1.807) is 24.3 Å². The van der Waals surface area contributed by atoms with E-state index in [0.29, 0.717) is 30.2 Å². The Balaban J connectivity index is 1.76. The molecule has 4 nitrogen and oxygen atoms in total. The van der Waals surface area contributed by atoms with Crippen molar-refractivity contribution in [2.24, 2.45) is 5.92 Å². The van der Waals surface area contributed by atoms with Gasteiger partial charge < -0.3 is 14.7 Å². The lowest BCUT2D eigenvalue weighted by atomic mass is 10.0. The monoisotopic (exact) mass is 305 g/mol. The lowest BCUT2D eigenvalue weighted by molar-refractivity contribution is 0.0537. The molecule has 2 rings (SSSR count). The number of β-amino-alcohol motifs (C(OH)–C–C–N with tert-alkyl or cyclic N) is 1. The number of benzene rings is 1. The molecule has 122 valence electrons. The molecule has 0 unspecified atom stereocenters.